The molecule has 1 aromatic carbocycles. The summed E-state index contributed by atoms with van der Waals surface area (Å²) in [6.07, 6.45) is 3.33. The number of aryl methyl sites for hydroxylation is 1. The first-order valence-corrected chi connectivity index (χ1v) is 5.31. The van der Waals surface area contributed by atoms with Gasteiger partial charge in [0.2, 0.25) is 6.20 Å². The number of allylic oxidation sites excluding steroid dienone is 1. The Balaban J connectivity index is 2.21. The monoisotopic (exact) mass is 226 g/mol. The Hall–Kier alpha value is -2.36. The molecule has 2 aromatic rings. The van der Waals surface area contributed by atoms with Crippen LogP contribution in [0.5, 0.6) is 0 Å². The lowest BCUT2D eigenvalue weighted by Crippen LogP contribution is -2.42. The minimum absolute atomic E-state index is 0.227. The van der Waals surface area contributed by atoms with Gasteiger partial charge in [-0.15, -0.1) is 0 Å². The Bertz CT molecular complexity index is 639. The molecule has 0 unspecified atom stereocenters. The first-order chi connectivity index (χ1) is 8.18. The molecule has 3 rings (SSSR count). The van der Waals surface area contributed by atoms with Crippen LogP contribution in [0.3, 0.4) is 0 Å². The second-order valence-corrected chi connectivity index (χ2v) is 4.04. The molecule has 0 atom stereocenters. The normalized spacial score (nSPS) is 14.3. The van der Waals surface area contributed by atoms with Crippen molar-refractivity contribution in [2.24, 2.45) is 0 Å². The highest BCUT2D eigenvalue weighted by Gasteiger charge is 2.33. The van der Waals surface area contributed by atoms with Gasteiger partial charge in [0.25, 0.3) is 0 Å². The summed E-state index contributed by atoms with van der Waals surface area (Å²) in [7, 11) is 0. The largest absolute Gasteiger partial charge is 0.821 e. The van der Waals surface area contributed by atoms with Crippen LogP contribution in [0.2, 0.25) is 0 Å². The third kappa shape index (κ3) is 1.30. The number of carbonyl (C=O) groups is 1. The van der Waals surface area contributed by atoms with Gasteiger partial charge in [-0.1, -0.05) is 39.7 Å². The van der Waals surface area contributed by atoms with Crippen LogP contribution in [0.25, 0.3) is 11.5 Å². The van der Waals surface area contributed by atoms with Crippen molar-refractivity contribution < 1.29 is 14.6 Å². The second-order valence-electron chi connectivity index (χ2n) is 4.04. The van der Waals surface area contributed by atoms with E-state index in [1.807, 2.05) is 25.1 Å². The highest BCUT2D eigenvalue weighted by molar-refractivity contribution is 6.25. The van der Waals surface area contributed by atoms with Crippen molar-refractivity contribution in [3.05, 3.63) is 53.9 Å². The predicted octanol–water partition coefficient (Wildman–Crippen LogP) is 0.424. The van der Waals surface area contributed by atoms with E-state index in [0.717, 1.165) is 5.56 Å². The Morgan fingerprint density at radius 2 is 1.94 bits per heavy atom. The van der Waals surface area contributed by atoms with Crippen molar-refractivity contribution in [3.63, 3.8) is 0 Å². The molecule has 17 heavy (non-hydrogen) atoms. The zero-order chi connectivity index (χ0) is 12.0. The molecule has 0 N–H and O–H groups in total. The van der Waals surface area contributed by atoms with Crippen LogP contribution in [0.15, 0.2) is 42.7 Å². The number of nitrogens with zero attached hydrogens (tertiary/aromatic N) is 2. The SMILES string of the molecule is Cc1cn2[n+](c1)C([O-])=C(c1ccccc1)C2=O. The molecular weight excluding hydrogens is 216 g/mol. The predicted molar refractivity (Wildman–Crippen MR) is 59.5 cm³/mol. The van der Waals surface area contributed by atoms with Crippen LogP contribution >= 0.6 is 0 Å². The number of fused-ring (bicyclic) bond motifs is 1. The average Bonchev–Trinajstić information content (AvgIpc) is 2.81. The van der Waals surface area contributed by atoms with E-state index in [1.54, 1.807) is 24.5 Å². The van der Waals surface area contributed by atoms with Crippen molar-refractivity contribution >= 4 is 17.4 Å². The maximum absolute atomic E-state index is 12.1. The van der Waals surface area contributed by atoms with Crippen molar-refractivity contribution in [2.75, 3.05) is 0 Å². The first-order valence-electron chi connectivity index (χ1n) is 5.31. The highest BCUT2D eigenvalue weighted by atomic mass is 16.3. The molecule has 84 valence electrons. The Morgan fingerprint density at radius 1 is 1.24 bits per heavy atom. The lowest BCUT2D eigenvalue weighted by molar-refractivity contribution is -0.709. The van der Waals surface area contributed by atoms with Crippen LogP contribution in [0, 0.1) is 6.92 Å². The van der Waals surface area contributed by atoms with Crippen LogP contribution in [-0.2, 0) is 0 Å². The summed E-state index contributed by atoms with van der Waals surface area (Å²) in [6, 6.07) is 9.01. The smallest absolute Gasteiger partial charge is 0.319 e. The van der Waals surface area contributed by atoms with E-state index in [0.29, 0.717) is 5.56 Å². The van der Waals surface area contributed by atoms with Gasteiger partial charge in [-0.3, -0.25) is 4.79 Å². The first kappa shape index (κ1) is 9.84. The topological polar surface area (TPSA) is 48.9 Å². The molecule has 0 saturated heterocycles. The third-order valence-corrected chi connectivity index (χ3v) is 2.79. The molecule has 0 spiro atoms. The van der Waals surface area contributed by atoms with E-state index in [2.05, 4.69) is 0 Å². The van der Waals surface area contributed by atoms with Crippen LogP contribution in [-0.4, -0.2) is 10.6 Å². The minimum Gasteiger partial charge on any atom is -0.821 e. The van der Waals surface area contributed by atoms with Gasteiger partial charge in [0.05, 0.1) is 6.20 Å². The van der Waals surface area contributed by atoms with Crippen LogP contribution < -0.4 is 9.79 Å². The molecule has 1 aromatic heterocycles. The summed E-state index contributed by atoms with van der Waals surface area (Å²) in [5, 5.41) is 12.1. The summed E-state index contributed by atoms with van der Waals surface area (Å²) in [4.78, 5) is 12.1. The molecule has 4 heteroatoms. The quantitative estimate of drug-likeness (QED) is 0.662. The molecule has 2 heterocycles. The molecule has 0 aliphatic carbocycles. The van der Waals surface area contributed by atoms with Gasteiger partial charge in [0.1, 0.15) is 5.57 Å². The Kier molecular flexibility index (Phi) is 1.92. The van der Waals surface area contributed by atoms with E-state index in [-0.39, 0.29) is 17.4 Å². The van der Waals surface area contributed by atoms with E-state index in [1.165, 1.54) is 9.36 Å². The molecule has 0 fully saturated rings. The van der Waals surface area contributed by atoms with E-state index in [9.17, 15) is 9.90 Å². The van der Waals surface area contributed by atoms with Crippen molar-refractivity contribution in [2.45, 2.75) is 6.92 Å². The third-order valence-electron chi connectivity index (χ3n) is 2.79. The summed E-state index contributed by atoms with van der Waals surface area (Å²) in [5.41, 5.74) is 1.78. The van der Waals surface area contributed by atoms with Gasteiger partial charge in [0.15, 0.2) is 5.88 Å². The van der Waals surface area contributed by atoms with Crippen molar-refractivity contribution in [1.82, 2.24) is 4.68 Å². The average molecular weight is 226 g/mol. The number of rotatable bonds is 1. The van der Waals surface area contributed by atoms with Gasteiger partial charge in [-0.05, 0) is 12.5 Å². The molecule has 4 nitrogen and oxygen atoms in total. The lowest BCUT2D eigenvalue weighted by atomic mass is 10.1. The van der Waals surface area contributed by atoms with E-state index >= 15 is 0 Å². The van der Waals surface area contributed by atoms with Gasteiger partial charge in [-0.2, -0.15) is 0 Å². The number of hydrogen-bond donors (Lipinski definition) is 0. The number of aromatic nitrogens is 2. The molecule has 0 radical (unpaired) electrons. The standard InChI is InChI=1S/C13H10N2O2/c1-9-7-14-12(16)11(13(17)15(14)8-9)10-5-3-2-4-6-10/h2-8H,1H3. The number of benzene rings is 1. The summed E-state index contributed by atoms with van der Waals surface area (Å²) >= 11 is 0. The molecule has 1 aliphatic heterocycles. The fourth-order valence-corrected chi connectivity index (χ4v) is 2.03. The molecule has 1 aliphatic rings. The van der Waals surface area contributed by atoms with Crippen molar-refractivity contribution in [1.29, 1.82) is 0 Å². The zero-order valence-corrected chi connectivity index (χ0v) is 9.25. The number of hydrogen-bond acceptors (Lipinski definition) is 2. The Morgan fingerprint density at radius 3 is 2.59 bits per heavy atom. The van der Waals surface area contributed by atoms with Gasteiger partial charge in [0, 0.05) is 5.56 Å². The van der Waals surface area contributed by atoms with E-state index in [4.69, 9.17) is 0 Å². The molecule has 0 bridgehead atoms. The number of carbonyl (C=O) groups excluding carboxylic acids is 1. The van der Waals surface area contributed by atoms with Gasteiger partial charge in [-0.25, -0.2) is 0 Å². The summed E-state index contributed by atoms with van der Waals surface area (Å²) < 4.78 is 2.69. The molecule has 0 saturated carbocycles. The fourth-order valence-electron chi connectivity index (χ4n) is 2.03. The molecule has 0 amide bonds. The van der Waals surface area contributed by atoms with Gasteiger partial charge < -0.3 is 5.11 Å². The summed E-state index contributed by atoms with van der Waals surface area (Å²) in [6.45, 7) is 1.85. The minimum atomic E-state index is -0.269. The lowest BCUT2D eigenvalue weighted by Gasteiger charge is -2.01. The maximum atomic E-state index is 12.1. The Labute approximate surface area is 98.0 Å². The second kappa shape index (κ2) is 3.31. The van der Waals surface area contributed by atoms with Crippen LogP contribution in [0.4, 0.5) is 0 Å². The van der Waals surface area contributed by atoms with Crippen LogP contribution in [0.1, 0.15) is 15.9 Å². The highest BCUT2D eigenvalue weighted by Crippen LogP contribution is 2.22. The van der Waals surface area contributed by atoms with E-state index < -0.39 is 0 Å². The zero-order valence-electron chi connectivity index (χ0n) is 9.25. The van der Waals surface area contributed by atoms with Gasteiger partial charge >= 0.3 is 5.91 Å². The fraction of sp³-hybridized carbons (Fsp3) is 0.0769. The van der Waals surface area contributed by atoms with Crippen molar-refractivity contribution in [3.8, 4) is 0 Å². The molecular formula is C13H10N2O2. The summed E-state index contributed by atoms with van der Waals surface area (Å²) in [5.74, 6) is -0.538. The maximum Gasteiger partial charge on any atom is 0.319 e.